The molecule has 2 aliphatic heterocycles. The van der Waals surface area contributed by atoms with Gasteiger partial charge < -0.3 is 21.7 Å². The molecule has 0 spiro atoms. The number of amidine groups is 1. The minimum absolute atomic E-state index is 0.0997. The molecule has 2 bridgehead atoms. The second-order valence-electron chi connectivity index (χ2n) is 9.77. The van der Waals surface area contributed by atoms with Crippen LogP contribution in [0.15, 0.2) is 51.4 Å². The van der Waals surface area contributed by atoms with Gasteiger partial charge in [0.2, 0.25) is 11.9 Å². The van der Waals surface area contributed by atoms with Crippen molar-refractivity contribution < 1.29 is 4.79 Å². The molecule has 0 aromatic heterocycles. The first-order valence-corrected chi connectivity index (χ1v) is 10.8. The molecule has 0 saturated heterocycles. The Bertz CT molecular complexity index is 1000. The van der Waals surface area contributed by atoms with Gasteiger partial charge in [-0.25, -0.2) is 9.98 Å². The number of carbonyl (C=O) groups is 1. The zero-order valence-corrected chi connectivity index (χ0v) is 18.0. The first kappa shape index (κ1) is 19.8. The summed E-state index contributed by atoms with van der Waals surface area (Å²) in [5.74, 6) is 1.24. The van der Waals surface area contributed by atoms with Gasteiger partial charge in [0.25, 0.3) is 0 Å². The Labute approximate surface area is 182 Å². The summed E-state index contributed by atoms with van der Waals surface area (Å²) in [6, 6.07) is 8.03. The third-order valence-electron chi connectivity index (χ3n) is 6.63. The summed E-state index contributed by atoms with van der Waals surface area (Å²) in [6.45, 7) is 6.58. The van der Waals surface area contributed by atoms with Crippen LogP contribution in [0, 0.1) is 17.8 Å². The van der Waals surface area contributed by atoms with Crippen molar-refractivity contribution in [2.45, 2.75) is 50.9 Å². The van der Waals surface area contributed by atoms with Gasteiger partial charge in [-0.15, -0.1) is 0 Å². The molecule has 1 saturated carbocycles. The quantitative estimate of drug-likeness (QED) is 0.559. The van der Waals surface area contributed by atoms with E-state index in [1.807, 2.05) is 12.1 Å². The monoisotopic (exact) mass is 419 g/mol. The van der Waals surface area contributed by atoms with Crippen molar-refractivity contribution in [2.24, 2.45) is 38.5 Å². The Balaban J connectivity index is 1.39. The van der Waals surface area contributed by atoms with Gasteiger partial charge >= 0.3 is 0 Å². The number of primary amides is 1. The third-order valence-corrected chi connectivity index (χ3v) is 6.63. The number of hydrogen-bond acceptors (Lipinski definition) is 6. The first-order chi connectivity index (χ1) is 14.8. The van der Waals surface area contributed by atoms with E-state index in [2.05, 4.69) is 71.0 Å². The van der Waals surface area contributed by atoms with Gasteiger partial charge in [-0.1, -0.05) is 45.1 Å². The zero-order chi connectivity index (χ0) is 21.8. The van der Waals surface area contributed by atoms with Gasteiger partial charge in [-0.3, -0.25) is 9.79 Å². The van der Waals surface area contributed by atoms with Gasteiger partial charge in [0.15, 0.2) is 6.17 Å². The van der Waals surface area contributed by atoms with E-state index in [0.717, 1.165) is 17.9 Å². The standard InChI is InChI=1S/C23H29N7O/c1-23(2,3)14-6-8-15(9-7-14)27-22-29-20-18(25-11-26-20)21(30-22)28-17-13-5-4-12(10-13)16(17)19(24)31/h4-9,11-13,16-18,20H,10H2,1-3H3,(H2,24,31)(H,25,26)(H2,27,28,29,30). The van der Waals surface area contributed by atoms with Crippen LogP contribution >= 0.6 is 0 Å². The van der Waals surface area contributed by atoms with Crippen molar-refractivity contribution in [3.8, 4) is 0 Å². The number of anilines is 1. The molecular formula is C23H29N7O. The number of aliphatic imine (C=N–C) groups is 3. The second-order valence-corrected chi connectivity index (χ2v) is 9.77. The molecule has 2 aliphatic carbocycles. The maximum absolute atomic E-state index is 12.1. The van der Waals surface area contributed by atoms with E-state index >= 15 is 0 Å². The lowest BCUT2D eigenvalue weighted by atomic mass is 9.87. The molecule has 8 nitrogen and oxygen atoms in total. The van der Waals surface area contributed by atoms with E-state index in [1.165, 1.54) is 5.56 Å². The van der Waals surface area contributed by atoms with Crippen LogP contribution in [0.25, 0.3) is 0 Å². The number of amides is 1. The zero-order valence-electron chi connectivity index (χ0n) is 18.0. The van der Waals surface area contributed by atoms with E-state index in [0.29, 0.717) is 5.96 Å². The molecule has 2 heterocycles. The Morgan fingerprint density at radius 2 is 1.94 bits per heavy atom. The first-order valence-electron chi connectivity index (χ1n) is 10.8. The molecule has 162 valence electrons. The third kappa shape index (κ3) is 3.60. The highest BCUT2D eigenvalue weighted by Gasteiger charge is 2.48. The average molecular weight is 420 g/mol. The Hall–Kier alpha value is -3.16. The number of nitrogens with two attached hydrogens (primary N) is 1. The number of guanidine groups is 1. The minimum Gasteiger partial charge on any atom is -0.369 e. The van der Waals surface area contributed by atoms with Crippen LogP contribution in [0.4, 0.5) is 5.69 Å². The van der Waals surface area contributed by atoms with Crippen molar-refractivity contribution in [3.63, 3.8) is 0 Å². The maximum Gasteiger partial charge on any atom is 0.223 e. The fraction of sp³-hybridized carbons (Fsp3) is 0.478. The summed E-state index contributed by atoms with van der Waals surface area (Å²) in [5, 5.41) is 9.91. The van der Waals surface area contributed by atoms with Crippen LogP contribution < -0.4 is 21.7 Å². The molecule has 5 N–H and O–H groups in total. The van der Waals surface area contributed by atoms with Gasteiger partial charge in [0.1, 0.15) is 11.9 Å². The number of benzene rings is 1. The van der Waals surface area contributed by atoms with E-state index in [-0.39, 0.29) is 47.3 Å². The van der Waals surface area contributed by atoms with Crippen LogP contribution in [-0.2, 0) is 10.2 Å². The van der Waals surface area contributed by atoms with Crippen LogP contribution in [-0.4, -0.2) is 42.3 Å². The molecule has 1 aromatic rings. The van der Waals surface area contributed by atoms with Crippen molar-refractivity contribution >= 4 is 29.7 Å². The van der Waals surface area contributed by atoms with E-state index in [1.54, 1.807) is 6.34 Å². The average Bonchev–Trinajstić information content (AvgIpc) is 3.43. The SMILES string of the molecule is CC(C)(C)c1ccc(NC2=NC3N=CNC3C(=NC3C4C=CC(C4)C3C(N)=O)N2)cc1. The highest BCUT2D eigenvalue weighted by molar-refractivity contribution is 6.10. The van der Waals surface area contributed by atoms with E-state index in [9.17, 15) is 4.79 Å². The van der Waals surface area contributed by atoms with Crippen molar-refractivity contribution in [1.82, 2.24) is 10.6 Å². The number of allylic oxidation sites excluding steroid dienone is 1. The van der Waals surface area contributed by atoms with Crippen molar-refractivity contribution in [3.05, 3.63) is 42.0 Å². The summed E-state index contributed by atoms with van der Waals surface area (Å²) >= 11 is 0. The predicted octanol–water partition coefficient (Wildman–Crippen LogP) is 1.76. The molecule has 1 amide bonds. The van der Waals surface area contributed by atoms with Gasteiger partial charge in [0.05, 0.1) is 18.3 Å². The number of carbonyl (C=O) groups excluding carboxylic acids is 1. The van der Waals surface area contributed by atoms with Crippen LogP contribution in [0.2, 0.25) is 0 Å². The molecule has 31 heavy (non-hydrogen) atoms. The lowest BCUT2D eigenvalue weighted by molar-refractivity contribution is -0.122. The minimum atomic E-state index is -0.294. The molecule has 1 fully saturated rings. The largest absolute Gasteiger partial charge is 0.369 e. The topological polar surface area (TPSA) is 116 Å². The smallest absolute Gasteiger partial charge is 0.223 e. The normalized spacial score (nSPS) is 34.3. The van der Waals surface area contributed by atoms with Gasteiger partial charge in [-0.05, 0) is 35.4 Å². The van der Waals surface area contributed by atoms with Gasteiger partial charge in [0, 0.05) is 11.6 Å². The van der Waals surface area contributed by atoms with Crippen LogP contribution in [0.5, 0.6) is 0 Å². The lowest BCUT2D eigenvalue weighted by Gasteiger charge is -2.29. The molecular weight excluding hydrogens is 390 g/mol. The number of hydrogen-bond donors (Lipinski definition) is 4. The molecule has 0 radical (unpaired) electrons. The molecule has 8 heteroatoms. The van der Waals surface area contributed by atoms with Crippen LogP contribution in [0.1, 0.15) is 32.8 Å². The highest BCUT2D eigenvalue weighted by Crippen LogP contribution is 2.45. The lowest BCUT2D eigenvalue weighted by Crippen LogP contribution is -2.55. The molecule has 1 aromatic carbocycles. The summed E-state index contributed by atoms with van der Waals surface area (Å²) in [7, 11) is 0. The fourth-order valence-electron chi connectivity index (χ4n) is 4.94. The Morgan fingerprint density at radius 1 is 1.19 bits per heavy atom. The molecule has 6 atom stereocenters. The molecule has 4 aliphatic rings. The Kier molecular flexibility index (Phi) is 4.60. The fourth-order valence-corrected chi connectivity index (χ4v) is 4.94. The van der Waals surface area contributed by atoms with E-state index < -0.39 is 0 Å². The van der Waals surface area contributed by atoms with E-state index in [4.69, 9.17) is 10.7 Å². The van der Waals surface area contributed by atoms with Crippen molar-refractivity contribution in [2.75, 3.05) is 5.32 Å². The van der Waals surface area contributed by atoms with Gasteiger partial charge in [-0.2, -0.15) is 0 Å². The molecule has 6 unspecified atom stereocenters. The second kappa shape index (κ2) is 7.21. The predicted molar refractivity (Wildman–Crippen MR) is 123 cm³/mol. The highest BCUT2D eigenvalue weighted by atomic mass is 16.1. The molecule has 5 rings (SSSR count). The summed E-state index contributed by atoms with van der Waals surface area (Å²) < 4.78 is 0. The number of fused-ring (bicyclic) bond motifs is 3. The van der Waals surface area contributed by atoms with Crippen LogP contribution in [0.3, 0.4) is 0 Å². The van der Waals surface area contributed by atoms with Crippen molar-refractivity contribution in [1.29, 1.82) is 0 Å². The summed E-state index contributed by atoms with van der Waals surface area (Å²) in [5.41, 5.74) is 8.02. The maximum atomic E-state index is 12.1. The Morgan fingerprint density at radius 3 is 2.65 bits per heavy atom. The summed E-state index contributed by atoms with van der Waals surface area (Å²) in [6.07, 6.45) is 6.59. The number of nitrogens with zero attached hydrogens (tertiary/aromatic N) is 3. The number of rotatable bonds is 3. The number of nitrogens with one attached hydrogen (secondary N) is 3. The summed E-state index contributed by atoms with van der Waals surface area (Å²) in [4.78, 5) is 26.2.